The number of hydrogen-bond acceptors (Lipinski definition) is 3. The van der Waals surface area contributed by atoms with Crippen LogP contribution in [0.1, 0.15) is 28.4 Å². The standard InChI is InChI=1S/C15H22N2O2/c1-3-16-4-6-17(7-5-16)11-13-8-12(2)9-14(10-13)15(18)19/h8-10H,3-7,11H2,1-2H3,(H,18,19). The largest absolute Gasteiger partial charge is 0.478 e. The third-order valence-corrected chi connectivity index (χ3v) is 3.70. The highest BCUT2D eigenvalue weighted by atomic mass is 16.4. The molecular weight excluding hydrogens is 240 g/mol. The van der Waals surface area contributed by atoms with Crippen LogP contribution in [-0.2, 0) is 6.54 Å². The Hall–Kier alpha value is -1.39. The minimum atomic E-state index is -0.847. The van der Waals surface area contributed by atoms with Crippen molar-refractivity contribution >= 4 is 5.97 Å². The Bertz CT molecular complexity index is 451. The highest BCUT2D eigenvalue weighted by Crippen LogP contribution is 2.13. The van der Waals surface area contributed by atoms with Crippen molar-refractivity contribution in [2.24, 2.45) is 0 Å². The van der Waals surface area contributed by atoms with Crippen molar-refractivity contribution in [2.75, 3.05) is 32.7 Å². The molecule has 0 unspecified atom stereocenters. The van der Waals surface area contributed by atoms with Crippen molar-refractivity contribution in [1.82, 2.24) is 9.80 Å². The first-order valence-electron chi connectivity index (χ1n) is 6.87. The molecule has 1 aliphatic heterocycles. The molecule has 0 bridgehead atoms. The van der Waals surface area contributed by atoms with Crippen molar-refractivity contribution < 1.29 is 9.90 Å². The molecule has 104 valence electrons. The van der Waals surface area contributed by atoms with Crippen LogP contribution in [0.5, 0.6) is 0 Å². The van der Waals surface area contributed by atoms with Gasteiger partial charge in [-0.15, -0.1) is 0 Å². The fraction of sp³-hybridized carbons (Fsp3) is 0.533. The second-order valence-electron chi connectivity index (χ2n) is 5.22. The molecule has 1 heterocycles. The fourth-order valence-corrected chi connectivity index (χ4v) is 2.60. The van der Waals surface area contributed by atoms with E-state index in [2.05, 4.69) is 22.8 Å². The molecule has 0 amide bonds. The maximum Gasteiger partial charge on any atom is 0.335 e. The average molecular weight is 262 g/mol. The van der Waals surface area contributed by atoms with Gasteiger partial charge >= 0.3 is 5.97 Å². The van der Waals surface area contributed by atoms with Gasteiger partial charge in [0.25, 0.3) is 0 Å². The molecule has 1 saturated heterocycles. The van der Waals surface area contributed by atoms with E-state index in [-0.39, 0.29) is 0 Å². The number of nitrogens with zero attached hydrogens (tertiary/aromatic N) is 2. The van der Waals surface area contributed by atoms with E-state index in [4.69, 9.17) is 5.11 Å². The molecule has 4 heteroatoms. The van der Waals surface area contributed by atoms with Gasteiger partial charge in [0.05, 0.1) is 5.56 Å². The van der Waals surface area contributed by atoms with Crippen LogP contribution in [0.25, 0.3) is 0 Å². The molecule has 0 spiro atoms. The van der Waals surface area contributed by atoms with Crippen molar-refractivity contribution in [2.45, 2.75) is 20.4 Å². The molecule has 2 rings (SSSR count). The monoisotopic (exact) mass is 262 g/mol. The number of carboxylic acid groups (broad SMARTS) is 1. The zero-order chi connectivity index (χ0) is 13.8. The number of likely N-dealkylation sites (N-methyl/N-ethyl adjacent to an activating group) is 1. The first-order valence-corrected chi connectivity index (χ1v) is 6.87. The van der Waals surface area contributed by atoms with Crippen LogP contribution < -0.4 is 0 Å². The van der Waals surface area contributed by atoms with Crippen LogP contribution in [0.2, 0.25) is 0 Å². The van der Waals surface area contributed by atoms with Crippen molar-refractivity contribution in [3.63, 3.8) is 0 Å². The van der Waals surface area contributed by atoms with Crippen molar-refractivity contribution in [1.29, 1.82) is 0 Å². The molecule has 0 saturated carbocycles. The average Bonchev–Trinajstić information content (AvgIpc) is 2.39. The summed E-state index contributed by atoms with van der Waals surface area (Å²) < 4.78 is 0. The zero-order valence-corrected chi connectivity index (χ0v) is 11.7. The van der Waals surface area contributed by atoms with Gasteiger partial charge in [0.15, 0.2) is 0 Å². The number of benzene rings is 1. The highest BCUT2D eigenvalue weighted by molar-refractivity contribution is 5.88. The smallest absolute Gasteiger partial charge is 0.335 e. The van der Waals surface area contributed by atoms with Gasteiger partial charge in [-0.25, -0.2) is 4.79 Å². The van der Waals surface area contributed by atoms with Crippen molar-refractivity contribution in [3.05, 3.63) is 34.9 Å². The molecule has 1 fully saturated rings. The number of rotatable bonds is 4. The number of carboxylic acids is 1. The Labute approximate surface area is 114 Å². The summed E-state index contributed by atoms with van der Waals surface area (Å²) in [6.45, 7) is 10.4. The summed E-state index contributed by atoms with van der Waals surface area (Å²) in [4.78, 5) is 15.9. The summed E-state index contributed by atoms with van der Waals surface area (Å²) >= 11 is 0. The van der Waals surface area contributed by atoms with Crippen LogP contribution >= 0.6 is 0 Å². The lowest BCUT2D eigenvalue weighted by molar-refractivity contribution is 0.0696. The predicted molar refractivity (Wildman–Crippen MR) is 75.5 cm³/mol. The zero-order valence-electron chi connectivity index (χ0n) is 11.7. The highest BCUT2D eigenvalue weighted by Gasteiger charge is 2.16. The summed E-state index contributed by atoms with van der Waals surface area (Å²) in [6.07, 6.45) is 0. The fourth-order valence-electron chi connectivity index (χ4n) is 2.60. The third kappa shape index (κ3) is 3.78. The number of carbonyl (C=O) groups is 1. The Morgan fingerprint density at radius 3 is 2.37 bits per heavy atom. The second kappa shape index (κ2) is 6.17. The summed E-state index contributed by atoms with van der Waals surface area (Å²) in [6, 6.07) is 5.60. The second-order valence-corrected chi connectivity index (χ2v) is 5.22. The van der Waals surface area contributed by atoms with Crippen LogP contribution in [0, 0.1) is 6.92 Å². The molecular formula is C15H22N2O2. The van der Waals surface area contributed by atoms with E-state index >= 15 is 0 Å². The van der Waals surface area contributed by atoms with Crippen LogP contribution in [0.4, 0.5) is 0 Å². The molecule has 0 radical (unpaired) electrons. The van der Waals surface area contributed by atoms with Gasteiger partial charge in [0.1, 0.15) is 0 Å². The first kappa shape index (κ1) is 14.0. The maximum absolute atomic E-state index is 11.1. The Morgan fingerprint density at radius 1 is 1.16 bits per heavy atom. The Balaban J connectivity index is 2.01. The van der Waals surface area contributed by atoms with Gasteiger partial charge in [-0.3, -0.25) is 4.90 Å². The number of aryl methyl sites for hydroxylation is 1. The Kier molecular flexibility index (Phi) is 4.56. The van der Waals surface area contributed by atoms with Gasteiger partial charge in [-0.2, -0.15) is 0 Å². The molecule has 0 aliphatic carbocycles. The van der Waals surface area contributed by atoms with Crippen LogP contribution in [-0.4, -0.2) is 53.6 Å². The minimum Gasteiger partial charge on any atom is -0.478 e. The maximum atomic E-state index is 11.1. The van der Waals surface area contributed by atoms with Gasteiger partial charge in [0, 0.05) is 32.7 Å². The number of aromatic carboxylic acids is 1. The first-order chi connectivity index (χ1) is 9.08. The minimum absolute atomic E-state index is 0.391. The van der Waals surface area contributed by atoms with Crippen LogP contribution in [0.15, 0.2) is 18.2 Å². The lowest BCUT2D eigenvalue weighted by Crippen LogP contribution is -2.45. The lowest BCUT2D eigenvalue weighted by atomic mass is 10.1. The van der Waals surface area contributed by atoms with Crippen LogP contribution in [0.3, 0.4) is 0 Å². The molecule has 1 aromatic rings. The number of piperazine rings is 1. The number of hydrogen-bond donors (Lipinski definition) is 1. The third-order valence-electron chi connectivity index (χ3n) is 3.70. The molecule has 0 aromatic heterocycles. The van der Waals surface area contributed by atoms with E-state index in [1.165, 1.54) is 0 Å². The SMILES string of the molecule is CCN1CCN(Cc2cc(C)cc(C(=O)O)c2)CC1. The van der Waals surface area contributed by atoms with E-state index in [9.17, 15) is 4.79 Å². The van der Waals surface area contributed by atoms with Gasteiger partial charge in [-0.05, 0) is 36.7 Å². The van der Waals surface area contributed by atoms with Gasteiger partial charge in [0.2, 0.25) is 0 Å². The van der Waals surface area contributed by atoms with Crippen molar-refractivity contribution in [3.8, 4) is 0 Å². The summed E-state index contributed by atoms with van der Waals surface area (Å²) in [5.74, 6) is -0.847. The normalized spacial score (nSPS) is 17.6. The predicted octanol–water partition coefficient (Wildman–Crippen LogP) is 1.83. The molecule has 1 aromatic carbocycles. The Morgan fingerprint density at radius 2 is 1.79 bits per heavy atom. The summed E-state index contributed by atoms with van der Waals surface area (Å²) in [7, 11) is 0. The van der Waals surface area contributed by atoms with E-state index < -0.39 is 5.97 Å². The van der Waals surface area contributed by atoms with Gasteiger partial charge in [-0.1, -0.05) is 13.0 Å². The molecule has 0 atom stereocenters. The summed E-state index contributed by atoms with van der Waals surface area (Å²) in [5, 5.41) is 9.09. The molecule has 1 N–H and O–H groups in total. The quantitative estimate of drug-likeness (QED) is 0.899. The van der Waals surface area contributed by atoms with E-state index in [1.54, 1.807) is 12.1 Å². The molecule has 19 heavy (non-hydrogen) atoms. The lowest BCUT2D eigenvalue weighted by Gasteiger charge is -2.34. The van der Waals surface area contributed by atoms with E-state index in [1.807, 2.05) is 6.92 Å². The van der Waals surface area contributed by atoms with E-state index in [0.717, 1.165) is 50.4 Å². The van der Waals surface area contributed by atoms with E-state index in [0.29, 0.717) is 5.56 Å². The molecule has 4 nitrogen and oxygen atoms in total. The van der Waals surface area contributed by atoms with Gasteiger partial charge < -0.3 is 10.0 Å². The molecule has 1 aliphatic rings. The topological polar surface area (TPSA) is 43.8 Å². The summed E-state index contributed by atoms with van der Waals surface area (Å²) in [5.41, 5.74) is 2.51.